The zero-order valence-electron chi connectivity index (χ0n) is 20.0. The maximum Gasteiger partial charge on any atom is 0.416 e. The lowest BCUT2D eigenvalue weighted by Gasteiger charge is -2.21. The smallest absolute Gasteiger partial charge is 0.416 e. The van der Waals surface area contributed by atoms with E-state index in [9.17, 15) is 35.9 Å². The summed E-state index contributed by atoms with van der Waals surface area (Å²) in [5.41, 5.74) is -3.23. The second-order valence-electron chi connectivity index (χ2n) is 8.24. The Bertz CT molecular complexity index is 1260. The summed E-state index contributed by atoms with van der Waals surface area (Å²) < 4.78 is 83.6. The molecule has 1 heterocycles. The van der Waals surface area contributed by atoms with E-state index in [1.807, 2.05) is 5.32 Å². The standard InChI is InChI=1S/C23H21F6N5O3S/c1-11(2)17(18(35)32-21-34-33-19(38-21)12-4-6-16(37-3)7-5-12)31-20(36)30-15-9-13(22(24,25)26)8-14(10-15)23(27,28)29/h4-11,17H,1-3H3,(H2,30,31,36)(H,32,34,35). The van der Waals surface area contributed by atoms with E-state index in [4.69, 9.17) is 4.74 Å². The van der Waals surface area contributed by atoms with Crippen LogP contribution in [0.25, 0.3) is 10.6 Å². The van der Waals surface area contributed by atoms with Crippen LogP contribution in [0, 0.1) is 5.92 Å². The molecule has 38 heavy (non-hydrogen) atoms. The molecule has 3 amide bonds. The van der Waals surface area contributed by atoms with Gasteiger partial charge in [0.2, 0.25) is 11.0 Å². The van der Waals surface area contributed by atoms with Gasteiger partial charge in [0, 0.05) is 11.3 Å². The Hall–Kier alpha value is -3.88. The SMILES string of the molecule is COc1ccc(-c2nnc(NC(=O)C(NC(=O)Nc3cc(C(F)(F)F)cc(C(F)(F)F)c3)C(C)C)s2)cc1. The van der Waals surface area contributed by atoms with E-state index >= 15 is 0 Å². The van der Waals surface area contributed by atoms with Crippen LogP contribution in [0.1, 0.15) is 25.0 Å². The van der Waals surface area contributed by atoms with E-state index in [2.05, 4.69) is 20.8 Å². The number of anilines is 2. The predicted octanol–water partition coefficient (Wildman–Crippen LogP) is 6.04. The number of halogens is 6. The van der Waals surface area contributed by atoms with Gasteiger partial charge < -0.3 is 15.4 Å². The average molecular weight is 562 g/mol. The van der Waals surface area contributed by atoms with E-state index < -0.39 is 53.1 Å². The number of hydrogen-bond donors (Lipinski definition) is 3. The summed E-state index contributed by atoms with van der Waals surface area (Å²) in [6.45, 7) is 3.17. The number of amides is 3. The minimum Gasteiger partial charge on any atom is -0.497 e. The number of benzene rings is 2. The van der Waals surface area contributed by atoms with Gasteiger partial charge in [-0.15, -0.1) is 10.2 Å². The van der Waals surface area contributed by atoms with E-state index in [0.29, 0.717) is 28.5 Å². The molecule has 1 atom stereocenters. The molecule has 0 saturated carbocycles. The van der Waals surface area contributed by atoms with Crippen molar-refractivity contribution in [2.24, 2.45) is 5.92 Å². The highest BCUT2D eigenvalue weighted by Crippen LogP contribution is 2.37. The molecule has 0 aliphatic carbocycles. The van der Waals surface area contributed by atoms with E-state index in [1.165, 1.54) is 7.11 Å². The van der Waals surface area contributed by atoms with Crippen molar-refractivity contribution in [1.29, 1.82) is 0 Å². The Balaban J connectivity index is 1.72. The second kappa shape index (κ2) is 11.2. The van der Waals surface area contributed by atoms with Gasteiger partial charge in [0.1, 0.15) is 16.8 Å². The Morgan fingerprint density at radius 1 is 0.895 bits per heavy atom. The first kappa shape index (κ1) is 28.7. The third-order valence-corrected chi connectivity index (χ3v) is 5.96. The van der Waals surface area contributed by atoms with Crippen molar-refractivity contribution in [3.05, 3.63) is 53.6 Å². The molecule has 0 radical (unpaired) electrons. The van der Waals surface area contributed by atoms with Crippen LogP contribution in [-0.4, -0.2) is 35.3 Å². The van der Waals surface area contributed by atoms with Gasteiger partial charge in [0.05, 0.1) is 18.2 Å². The first-order valence-corrected chi connectivity index (χ1v) is 11.6. The van der Waals surface area contributed by atoms with Crippen LogP contribution in [-0.2, 0) is 17.1 Å². The van der Waals surface area contributed by atoms with Crippen LogP contribution in [0.15, 0.2) is 42.5 Å². The van der Waals surface area contributed by atoms with Crippen molar-refractivity contribution in [3.8, 4) is 16.3 Å². The zero-order chi connectivity index (χ0) is 28.3. The quantitative estimate of drug-likeness (QED) is 0.305. The summed E-state index contributed by atoms with van der Waals surface area (Å²) in [5, 5.41) is 15.2. The summed E-state index contributed by atoms with van der Waals surface area (Å²) in [5.74, 6) is -0.592. The van der Waals surface area contributed by atoms with Gasteiger partial charge in [-0.3, -0.25) is 10.1 Å². The molecule has 8 nitrogen and oxygen atoms in total. The number of alkyl halides is 6. The first-order valence-electron chi connectivity index (χ1n) is 10.8. The number of hydrogen-bond acceptors (Lipinski definition) is 6. The van der Waals surface area contributed by atoms with Crippen LogP contribution in [0.4, 0.5) is 42.0 Å². The molecule has 3 aromatic rings. The van der Waals surface area contributed by atoms with Gasteiger partial charge in [-0.1, -0.05) is 25.2 Å². The molecule has 3 N–H and O–H groups in total. The molecular formula is C23H21F6N5O3S. The molecule has 1 aromatic heterocycles. The normalized spacial score (nSPS) is 12.7. The lowest BCUT2D eigenvalue weighted by atomic mass is 10.0. The van der Waals surface area contributed by atoms with Gasteiger partial charge in [0.15, 0.2) is 0 Å². The van der Waals surface area contributed by atoms with Gasteiger partial charge in [-0.2, -0.15) is 26.3 Å². The summed E-state index contributed by atoms with van der Waals surface area (Å²) in [6.07, 6.45) is -10.2. The molecule has 0 bridgehead atoms. The Morgan fingerprint density at radius 2 is 1.47 bits per heavy atom. The lowest BCUT2D eigenvalue weighted by molar-refractivity contribution is -0.143. The number of carbonyl (C=O) groups excluding carboxylic acids is 2. The third-order valence-electron chi connectivity index (χ3n) is 5.07. The fraction of sp³-hybridized carbons (Fsp3) is 0.304. The van der Waals surface area contributed by atoms with E-state index in [-0.39, 0.29) is 11.2 Å². The van der Waals surface area contributed by atoms with Crippen molar-refractivity contribution in [1.82, 2.24) is 15.5 Å². The van der Waals surface area contributed by atoms with Crippen molar-refractivity contribution in [3.63, 3.8) is 0 Å². The fourth-order valence-corrected chi connectivity index (χ4v) is 3.93. The van der Waals surface area contributed by atoms with Crippen molar-refractivity contribution in [2.75, 3.05) is 17.7 Å². The molecular weight excluding hydrogens is 540 g/mol. The summed E-state index contributed by atoms with van der Waals surface area (Å²) in [4.78, 5) is 25.3. The Labute approximate surface area is 216 Å². The Morgan fingerprint density at radius 3 is 1.97 bits per heavy atom. The molecule has 1 unspecified atom stereocenters. The van der Waals surface area contributed by atoms with Crippen molar-refractivity contribution >= 4 is 34.1 Å². The number of carbonyl (C=O) groups is 2. The van der Waals surface area contributed by atoms with Crippen LogP contribution in [0.3, 0.4) is 0 Å². The molecule has 2 aromatic carbocycles. The molecule has 0 aliphatic rings. The molecule has 3 rings (SSSR count). The van der Waals surface area contributed by atoms with Gasteiger partial charge >= 0.3 is 18.4 Å². The van der Waals surface area contributed by atoms with Crippen LogP contribution in [0.2, 0.25) is 0 Å². The van der Waals surface area contributed by atoms with Gasteiger partial charge in [-0.05, 0) is 48.4 Å². The summed E-state index contributed by atoms with van der Waals surface area (Å²) >= 11 is 1.05. The summed E-state index contributed by atoms with van der Waals surface area (Å²) in [6, 6.07) is 5.19. The van der Waals surface area contributed by atoms with Gasteiger partial charge in [-0.25, -0.2) is 4.79 Å². The van der Waals surface area contributed by atoms with Crippen LogP contribution < -0.4 is 20.7 Å². The predicted molar refractivity (Wildman–Crippen MR) is 128 cm³/mol. The number of urea groups is 1. The highest BCUT2D eigenvalue weighted by Gasteiger charge is 2.37. The molecule has 0 saturated heterocycles. The van der Waals surface area contributed by atoms with E-state index in [0.717, 1.165) is 11.3 Å². The molecule has 0 spiro atoms. The number of rotatable bonds is 7. The summed E-state index contributed by atoms with van der Waals surface area (Å²) in [7, 11) is 1.52. The van der Waals surface area contributed by atoms with Gasteiger partial charge in [0.25, 0.3) is 0 Å². The number of methoxy groups -OCH3 is 1. The molecule has 204 valence electrons. The van der Waals surface area contributed by atoms with Crippen molar-refractivity contribution < 1.29 is 40.7 Å². The highest BCUT2D eigenvalue weighted by atomic mass is 32.1. The van der Waals surface area contributed by atoms with Crippen LogP contribution in [0.5, 0.6) is 5.75 Å². The number of nitrogens with one attached hydrogen (secondary N) is 3. The minimum absolute atomic E-state index is 0.0598. The largest absolute Gasteiger partial charge is 0.497 e. The first-order chi connectivity index (χ1) is 17.7. The number of nitrogens with zero attached hydrogens (tertiary/aromatic N) is 2. The van der Waals surface area contributed by atoms with E-state index in [1.54, 1.807) is 38.1 Å². The lowest BCUT2D eigenvalue weighted by Crippen LogP contribution is -2.48. The molecule has 15 heteroatoms. The maximum absolute atomic E-state index is 13.1. The average Bonchev–Trinajstić information content (AvgIpc) is 3.29. The zero-order valence-corrected chi connectivity index (χ0v) is 20.8. The molecule has 0 aliphatic heterocycles. The number of aromatic nitrogens is 2. The second-order valence-corrected chi connectivity index (χ2v) is 9.22. The minimum atomic E-state index is -5.08. The number of ether oxygens (including phenoxy) is 1. The fourth-order valence-electron chi connectivity index (χ4n) is 3.18. The molecule has 0 fully saturated rings. The topological polar surface area (TPSA) is 105 Å². The highest BCUT2D eigenvalue weighted by molar-refractivity contribution is 7.18. The third kappa shape index (κ3) is 7.34. The van der Waals surface area contributed by atoms with Crippen molar-refractivity contribution in [2.45, 2.75) is 32.2 Å². The monoisotopic (exact) mass is 561 g/mol. The van der Waals surface area contributed by atoms with Crippen LogP contribution >= 0.6 is 11.3 Å². The maximum atomic E-state index is 13.1. The Kier molecular flexibility index (Phi) is 8.49.